The number of benzene rings is 2. The van der Waals surface area contributed by atoms with E-state index in [-0.39, 0.29) is 5.91 Å². The topological polar surface area (TPSA) is 61.8 Å². The molecule has 128 valence electrons. The Morgan fingerprint density at radius 2 is 1.84 bits per heavy atom. The molecule has 1 heterocycles. The summed E-state index contributed by atoms with van der Waals surface area (Å²) in [6.45, 7) is 2.18. The molecule has 0 aromatic heterocycles. The zero-order valence-corrected chi connectivity index (χ0v) is 14.2. The van der Waals surface area contributed by atoms with Gasteiger partial charge in [-0.15, -0.1) is 5.01 Å². The molecule has 2 aliphatic rings. The second-order valence-corrected chi connectivity index (χ2v) is 7.16. The molecule has 1 aliphatic heterocycles. The summed E-state index contributed by atoms with van der Waals surface area (Å²) in [5.41, 5.74) is 0.113. The molecule has 0 bridgehead atoms. The normalized spacial score (nSPS) is 26.8. The lowest BCUT2D eigenvalue weighted by atomic mass is 9.77. The number of rotatable bonds is 2. The van der Waals surface area contributed by atoms with Crippen LogP contribution in [0.25, 0.3) is 10.8 Å². The zero-order valence-electron chi connectivity index (χ0n) is 14.2. The van der Waals surface area contributed by atoms with Crippen LogP contribution < -0.4 is 5.32 Å². The fraction of sp³-hybridized carbons (Fsp3) is 0.350. The van der Waals surface area contributed by atoms with Crippen molar-refractivity contribution in [3.8, 4) is 0 Å². The second-order valence-electron chi connectivity index (χ2n) is 7.16. The van der Waals surface area contributed by atoms with Gasteiger partial charge < -0.3 is 5.32 Å². The number of hydrogen-bond acceptors (Lipinski definition) is 3. The van der Waals surface area contributed by atoms with E-state index >= 15 is 0 Å². The first kappa shape index (κ1) is 15.8. The highest BCUT2D eigenvalue weighted by Gasteiger charge is 2.52. The Hall–Kier alpha value is -2.69. The molecule has 2 aromatic rings. The molecule has 0 unspecified atom stereocenters. The summed E-state index contributed by atoms with van der Waals surface area (Å²) in [5, 5.41) is 10.3. The average molecular weight is 335 g/mol. The van der Waals surface area contributed by atoms with E-state index < -0.39 is 11.6 Å². The highest BCUT2D eigenvalue weighted by Crippen LogP contribution is 2.36. The monoisotopic (exact) mass is 335 g/mol. The van der Waals surface area contributed by atoms with Crippen LogP contribution in [-0.2, 0) is 4.79 Å². The Kier molecular flexibility index (Phi) is 3.79. The lowest BCUT2D eigenvalue weighted by Crippen LogP contribution is -2.49. The summed E-state index contributed by atoms with van der Waals surface area (Å²) in [4.78, 5) is 25.0. The van der Waals surface area contributed by atoms with E-state index in [0.29, 0.717) is 18.8 Å². The van der Waals surface area contributed by atoms with Crippen LogP contribution in [0.1, 0.15) is 38.2 Å². The Balaban J connectivity index is 1.56. The first-order chi connectivity index (χ1) is 12.1. The molecule has 2 fully saturated rings. The molecule has 1 saturated heterocycles. The summed E-state index contributed by atoms with van der Waals surface area (Å²) < 4.78 is 0. The molecule has 3 amide bonds. The maximum atomic E-state index is 12.8. The maximum absolute atomic E-state index is 12.8. The van der Waals surface area contributed by atoms with Gasteiger partial charge in [0.05, 0.1) is 6.21 Å². The third-order valence-corrected chi connectivity index (χ3v) is 5.36. The van der Waals surface area contributed by atoms with Crippen LogP contribution in [0.3, 0.4) is 0 Å². The van der Waals surface area contributed by atoms with Crippen molar-refractivity contribution in [2.45, 2.75) is 38.1 Å². The first-order valence-corrected chi connectivity index (χ1v) is 8.77. The van der Waals surface area contributed by atoms with E-state index in [0.717, 1.165) is 34.2 Å². The van der Waals surface area contributed by atoms with Crippen molar-refractivity contribution in [1.29, 1.82) is 0 Å². The Labute approximate surface area is 146 Å². The molecule has 5 heteroatoms. The van der Waals surface area contributed by atoms with Gasteiger partial charge in [-0.25, -0.2) is 4.79 Å². The fourth-order valence-corrected chi connectivity index (χ4v) is 3.72. The van der Waals surface area contributed by atoms with Gasteiger partial charge in [0.25, 0.3) is 5.91 Å². The molecule has 1 saturated carbocycles. The highest BCUT2D eigenvalue weighted by atomic mass is 16.2. The molecule has 0 radical (unpaired) electrons. The summed E-state index contributed by atoms with van der Waals surface area (Å²) >= 11 is 0. The van der Waals surface area contributed by atoms with Crippen molar-refractivity contribution >= 4 is 28.9 Å². The smallest absolute Gasteiger partial charge is 0.321 e. The highest BCUT2D eigenvalue weighted by molar-refractivity contribution is 6.07. The number of fused-ring (bicyclic) bond motifs is 1. The molecule has 1 aliphatic carbocycles. The lowest BCUT2D eigenvalue weighted by Gasteiger charge is -2.33. The minimum Gasteiger partial charge on any atom is -0.321 e. The number of hydrazone groups is 1. The van der Waals surface area contributed by atoms with Crippen LogP contribution in [0, 0.1) is 5.92 Å². The quantitative estimate of drug-likeness (QED) is 0.672. The first-order valence-electron chi connectivity index (χ1n) is 8.77. The minimum absolute atomic E-state index is 0.221. The Morgan fingerprint density at radius 1 is 1.12 bits per heavy atom. The van der Waals surface area contributed by atoms with E-state index in [1.165, 1.54) is 0 Å². The third kappa shape index (κ3) is 2.80. The molecule has 25 heavy (non-hydrogen) atoms. The number of imide groups is 1. The van der Waals surface area contributed by atoms with Gasteiger partial charge in [-0.05, 0) is 54.0 Å². The van der Waals surface area contributed by atoms with E-state index in [1.807, 2.05) is 42.5 Å². The average Bonchev–Trinajstić information content (AvgIpc) is 2.86. The minimum atomic E-state index is -0.746. The van der Waals surface area contributed by atoms with Gasteiger partial charge in [0.15, 0.2) is 0 Å². The lowest BCUT2D eigenvalue weighted by molar-refractivity contribution is -0.132. The van der Waals surface area contributed by atoms with Gasteiger partial charge in [0.1, 0.15) is 5.54 Å². The molecular weight excluding hydrogens is 314 g/mol. The van der Waals surface area contributed by atoms with Crippen LogP contribution in [0.15, 0.2) is 47.6 Å². The number of amides is 3. The van der Waals surface area contributed by atoms with Gasteiger partial charge in [-0.1, -0.05) is 43.3 Å². The van der Waals surface area contributed by atoms with Crippen molar-refractivity contribution in [3.63, 3.8) is 0 Å². The summed E-state index contributed by atoms with van der Waals surface area (Å²) in [5.74, 6) is 0.381. The van der Waals surface area contributed by atoms with Gasteiger partial charge >= 0.3 is 6.03 Å². The second kappa shape index (κ2) is 5.99. The van der Waals surface area contributed by atoms with Crippen LogP contribution in [0.4, 0.5) is 4.79 Å². The van der Waals surface area contributed by atoms with Crippen molar-refractivity contribution in [2.75, 3.05) is 0 Å². The van der Waals surface area contributed by atoms with Crippen molar-refractivity contribution in [1.82, 2.24) is 10.3 Å². The number of urea groups is 1. The van der Waals surface area contributed by atoms with E-state index in [1.54, 1.807) is 6.21 Å². The van der Waals surface area contributed by atoms with Gasteiger partial charge in [-0.3, -0.25) is 4.79 Å². The molecule has 1 spiro atoms. The number of nitrogens with one attached hydrogen (secondary N) is 1. The van der Waals surface area contributed by atoms with E-state index in [9.17, 15) is 9.59 Å². The predicted octanol–water partition coefficient (Wildman–Crippen LogP) is 3.67. The van der Waals surface area contributed by atoms with Crippen molar-refractivity contribution < 1.29 is 9.59 Å². The Morgan fingerprint density at radius 3 is 2.60 bits per heavy atom. The largest absolute Gasteiger partial charge is 0.346 e. The standard InChI is InChI=1S/C20H21N3O2/c1-14-8-10-20(11-9-14)18(24)23(19(25)22-20)21-13-15-6-7-16-4-2-3-5-17(16)12-15/h2-7,12-14H,8-11H2,1H3,(H,22,25)/b21-13-. The number of hydrogen-bond donors (Lipinski definition) is 1. The van der Waals surface area contributed by atoms with Crippen molar-refractivity contribution in [3.05, 3.63) is 48.0 Å². The molecule has 1 N–H and O–H groups in total. The maximum Gasteiger partial charge on any atom is 0.346 e. The van der Waals surface area contributed by atoms with Crippen molar-refractivity contribution in [2.24, 2.45) is 11.0 Å². The molecule has 4 rings (SSSR count). The van der Waals surface area contributed by atoms with Crippen LogP contribution in [0.2, 0.25) is 0 Å². The summed E-state index contributed by atoms with van der Waals surface area (Å²) in [6.07, 6.45) is 4.87. The van der Waals surface area contributed by atoms with Gasteiger partial charge in [0.2, 0.25) is 0 Å². The molecule has 2 aromatic carbocycles. The molecule has 0 atom stereocenters. The van der Waals surface area contributed by atoms with Crippen LogP contribution in [-0.4, -0.2) is 28.7 Å². The van der Waals surface area contributed by atoms with E-state index in [2.05, 4.69) is 17.3 Å². The number of carbonyl (C=O) groups is 2. The molecular formula is C20H21N3O2. The predicted molar refractivity (Wildman–Crippen MR) is 97.3 cm³/mol. The van der Waals surface area contributed by atoms with Gasteiger partial charge in [-0.2, -0.15) is 5.10 Å². The molecule has 5 nitrogen and oxygen atoms in total. The third-order valence-electron chi connectivity index (χ3n) is 5.36. The summed E-state index contributed by atoms with van der Waals surface area (Å²) in [7, 11) is 0. The summed E-state index contributed by atoms with van der Waals surface area (Å²) in [6, 6.07) is 13.6. The van der Waals surface area contributed by atoms with Gasteiger partial charge in [0, 0.05) is 0 Å². The Bertz CT molecular complexity index is 866. The van der Waals surface area contributed by atoms with Crippen LogP contribution in [0.5, 0.6) is 0 Å². The SMILES string of the molecule is CC1CCC2(CC1)NC(=O)N(/N=C\c1ccc3ccccc3c1)C2=O. The van der Waals surface area contributed by atoms with E-state index in [4.69, 9.17) is 0 Å². The number of nitrogens with zero attached hydrogens (tertiary/aromatic N) is 2. The number of carbonyl (C=O) groups excluding carboxylic acids is 2. The zero-order chi connectivity index (χ0) is 17.4. The van der Waals surface area contributed by atoms with Crippen LogP contribution >= 0.6 is 0 Å². The fourth-order valence-electron chi connectivity index (χ4n) is 3.72.